The van der Waals surface area contributed by atoms with Crippen LogP contribution in [-0.4, -0.2) is 87.8 Å². The van der Waals surface area contributed by atoms with E-state index in [9.17, 15) is 9.59 Å². The third kappa shape index (κ3) is 12.0. The lowest BCUT2D eigenvalue weighted by Crippen LogP contribution is -2.39. The fourth-order valence-corrected chi connectivity index (χ4v) is 4.62. The number of hydrogen-bond acceptors (Lipinski definition) is 6. The predicted octanol–water partition coefficient (Wildman–Crippen LogP) is 3.82. The first-order valence-electron chi connectivity index (χ1n) is 13.3. The lowest BCUT2D eigenvalue weighted by Gasteiger charge is -2.32. The molecular formula is C26H48N2O6. The highest BCUT2D eigenvalue weighted by atomic mass is 16.7. The molecule has 8 heteroatoms. The van der Waals surface area contributed by atoms with Crippen molar-refractivity contribution in [2.75, 3.05) is 60.1 Å². The molecule has 2 rings (SSSR count). The minimum absolute atomic E-state index is 0.190. The third-order valence-corrected chi connectivity index (χ3v) is 6.86. The summed E-state index contributed by atoms with van der Waals surface area (Å²) in [6, 6.07) is 0. The van der Waals surface area contributed by atoms with Gasteiger partial charge in [-0.1, -0.05) is 12.8 Å². The fraction of sp³-hybridized carbons (Fsp3) is 0.923. The van der Waals surface area contributed by atoms with E-state index in [1.165, 1.54) is 0 Å². The molecule has 2 saturated heterocycles. The van der Waals surface area contributed by atoms with Gasteiger partial charge in [-0.15, -0.1) is 0 Å². The van der Waals surface area contributed by atoms with Crippen molar-refractivity contribution in [2.24, 2.45) is 11.8 Å². The summed E-state index contributed by atoms with van der Waals surface area (Å²) in [5.41, 5.74) is 0. The molecule has 0 aromatic heterocycles. The number of rotatable bonds is 16. The highest BCUT2D eigenvalue weighted by Crippen LogP contribution is 2.20. The van der Waals surface area contributed by atoms with Crippen LogP contribution in [0.15, 0.2) is 0 Å². The number of amides is 2. The largest absolute Gasteiger partial charge is 0.359 e. The SMILES string of the molecule is COCOCC1CCN(C(=O)CCCCCCC(=O)N2CCC(COCOC(C)C)CC2)CC1. The van der Waals surface area contributed by atoms with Crippen LogP contribution in [0.2, 0.25) is 0 Å². The van der Waals surface area contributed by atoms with Gasteiger partial charge in [-0.3, -0.25) is 9.59 Å². The van der Waals surface area contributed by atoms with Gasteiger partial charge in [0, 0.05) is 46.1 Å². The van der Waals surface area contributed by atoms with E-state index in [0.29, 0.717) is 44.9 Å². The van der Waals surface area contributed by atoms with E-state index in [4.69, 9.17) is 18.9 Å². The molecule has 0 radical (unpaired) electrons. The van der Waals surface area contributed by atoms with Crippen molar-refractivity contribution in [2.45, 2.75) is 84.2 Å². The number of likely N-dealkylation sites (tertiary alicyclic amines) is 2. The highest BCUT2D eigenvalue weighted by Gasteiger charge is 2.23. The second-order valence-corrected chi connectivity index (χ2v) is 10.0. The quantitative estimate of drug-likeness (QED) is 0.245. The Hall–Kier alpha value is -1.22. The average molecular weight is 485 g/mol. The predicted molar refractivity (Wildman–Crippen MR) is 131 cm³/mol. The normalized spacial score (nSPS) is 18.1. The van der Waals surface area contributed by atoms with Gasteiger partial charge in [-0.05, 0) is 64.2 Å². The lowest BCUT2D eigenvalue weighted by atomic mass is 9.97. The van der Waals surface area contributed by atoms with Crippen LogP contribution in [-0.2, 0) is 28.5 Å². The van der Waals surface area contributed by atoms with Gasteiger partial charge < -0.3 is 28.7 Å². The molecule has 2 amide bonds. The van der Waals surface area contributed by atoms with Gasteiger partial charge in [-0.2, -0.15) is 0 Å². The molecule has 0 aromatic rings. The summed E-state index contributed by atoms with van der Waals surface area (Å²) in [6.07, 6.45) is 9.31. The Bertz CT molecular complexity index is 557. The van der Waals surface area contributed by atoms with Crippen molar-refractivity contribution >= 4 is 11.8 Å². The summed E-state index contributed by atoms with van der Waals surface area (Å²) < 4.78 is 21.4. The van der Waals surface area contributed by atoms with Gasteiger partial charge in [0.1, 0.15) is 13.6 Å². The maximum atomic E-state index is 12.5. The fourth-order valence-electron chi connectivity index (χ4n) is 4.62. The van der Waals surface area contributed by atoms with E-state index in [1.54, 1.807) is 7.11 Å². The Balaban J connectivity index is 1.44. The monoisotopic (exact) mass is 484 g/mol. The number of carbonyl (C=O) groups is 2. The molecule has 2 aliphatic heterocycles. The van der Waals surface area contributed by atoms with Crippen molar-refractivity contribution in [1.29, 1.82) is 0 Å². The van der Waals surface area contributed by atoms with Crippen LogP contribution in [0.5, 0.6) is 0 Å². The first-order chi connectivity index (χ1) is 16.5. The summed E-state index contributed by atoms with van der Waals surface area (Å²) in [7, 11) is 1.63. The average Bonchev–Trinajstić information content (AvgIpc) is 2.84. The van der Waals surface area contributed by atoms with Crippen LogP contribution in [0.4, 0.5) is 0 Å². The van der Waals surface area contributed by atoms with Gasteiger partial charge in [-0.25, -0.2) is 0 Å². The van der Waals surface area contributed by atoms with Crippen molar-refractivity contribution in [3.63, 3.8) is 0 Å². The van der Waals surface area contributed by atoms with E-state index in [1.807, 2.05) is 23.6 Å². The van der Waals surface area contributed by atoms with E-state index in [2.05, 4.69) is 0 Å². The Kier molecular flexibility index (Phi) is 14.7. The standard InChI is InChI=1S/C26H48N2O6/c1-22(2)34-21-33-19-24-12-16-28(17-13-24)26(30)9-7-5-4-6-8-25(29)27-14-10-23(11-15-27)18-32-20-31-3/h22-24H,4-21H2,1-3H3. The molecule has 0 spiro atoms. The number of carbonyl (C=O) groups excluding carboxylic acids is 2. The molecule has 2 heterocycles. The van der Waals surface area contributed by atoms with Crippen LogP contribution in [0, 0.1) is 11.8 Å². The van der Waals surface area contributed by atoms with Gasteiger partial charge in [0.15, 0.2) is 0 Å². The Morgan fingerprint density at radius 2 is 1.18 bits per heavy atom. The van der Waals surface area contributed by atoms with Crippen LogP contribution < -0.4 is 0 Å². The van der Waals surface area contributed by atoms with E-state index < -0.39 is 0 Å². The van der Waals surface area contributed by atoms with Gasteiger partial charge >= 0.3 is 0 Å². The molecular weight excluding hydrogens is 436 g/mol. The number of unbranched alkanes of at least 4 members (excludes halogenated alkanes) is 3. The first-order valence-corrected chi connectivity index (χ1v) is 13.3. The lowest BCUT2D eigenvalue weighted by molar-refractivity contribution is -0.134. The third-order valence-electron chi connectivity index (χ3n) is 6.86. The van der Waals surface area contributed by atoms with Crippen LogP contribution in [0.1, 0.15) is 78.1 Å². The Morgan fingerprint density at radius 1 is 0.735 bits per heavy atom. The van der Waals surface area contributed by atoms with E-state index >= 15 is 0 Å². The zero-order valence-corrected chi connectivity index (χ0v) is 21.8. The minimum Gasteiger partial charge on any atom is -0.359 e. The highest BCUT2D eigenvalue weighted by molar-refractivity contribution is 5.76. The Morgan fingerprint density at radius 3 is 1.59 bits per heavy atom. The number of piperidine rings is 2. The molecule has 0 aromatic carbocycles. The van der Waals surface area contributed by atoms with Gasteiger partial charge in [0.2, 0.25) is 11.8 Å². The first kappa shape index (κ1) is 29.0. The second kappa shape index (κ2) is 17.2. The van der Waals surface area contributed by atoms with Crippen molar-refractivity contribution in [3.05, 3.63) is 0 Å². The van der Waals surface area contributed by atoms with Gasteiger partial charge in [0.25, 0.3) is 0 Å². The summed E-state index contributed by atoms with van der Waals surface area (Å²) in [5, 5.41) is 0. The van der Waals surface area contributed by atoms with Crippen LogP contribution in [0.3, 0.4) is 0 Å². The maximum absolute atomic E-state index is 12.5. The number of methoxy groups -OCH3 is 1. The maximum Gasteiger partial charge on any atom is 0.222 e. The molecule has 34 heavy (non-hydrogen) atoms. The molecule has 2 fully saturated rings. The molecule has 0 unspecified atom stereocenters. The molecule has 8 nitrogen and oxygen atoms in total. The smallest absolute Gasteiger partial charge is 0.222 e. The zero-order chi connectivity index (χ0) is 24.6. The Labute approximate surface area is 206 Å². The molecule has 0 bridgehead atoms. The van der Waals surface area contributed by atoms with E-state index in [0.717, 1.165) is 84.2 Å². The zero-order valence-electron chi connectivity index (χ0n) is 21.8. The molecule has 0 saturated carbocycles. The van der Waals surface area contributed by atoms with Crippen molar-refractivity contribution in [1.82, 2.24) is 9.80 Å². The molecule has 198 valence electrons. The topological polar surface area (TPSA) is 77.5 Å². The minimum atomic E-state index is 0.190. The number of hydrogen-bond donors (Lipinski definition) is 0. The summed E-state index contributed by atoms with van der Waals surface area (Å²) >= 11 is 0. The summed E-state index contributed by atoms with van der Waals surface area (Å²) in [6.45, 7) is 9.47. The molecule has 0 atom stereocenters. The van der Waals surface area contributed by atoms with Crippen LogP contribution >= 0.6 is 0 Å². The molecule has 0 N–H and O–H groups in total. The number of ether oxygens (including phenoxy) is 4. The van der Waals surface area contributed by atoms with Crippen LogP contribution in [0.25, 0.3) is 0 Å². The van der Waals surface area contributed by atoms with Crippen molar-refractivity contribution < 1.29 is 28.5 Å². The number of nitrogens with zero attached hydrogens (tertiary/aromatic N) is 2. The summed E-state index contributed by atoms with van der Waals surface area (Å²) in [5.74, 6) is 1.60. The molecule has 0 aliphatic carbocycles. The summed E-state index contributed by atoms with van der Waals surface area (Å²) in [4.78, 5) is 29.0. The second-order valence-electron chi connectivity index (χ2n) is 10.0. The van der Waals surface area contributed by atoms with E-state index in [-0.39, 0.29) is 17.9 Å². The van der Waals surface area contributed by atoms with Gasteiger partial charge in [0.05, 0.1) is 19.3 Å². The van der Waals surface area contributed by atoms with Crippen molar-refractivity contribution in [3.8, 4) is 0 Å². The molecule has 2 aliphatic rings.